The highest BCUT2D eigenvalue weighted by atomic mass is 14.7. The van der Waals surface area contributed by atoms with E-state index < -0.39 is 0 Å². The fraction of sp³-hybridized carbons (Fsp3) is 0.346. The van der Waals surface area contributed by atoms with Crippen LogP contribution in [0.4, 0.5) is 0 Å². The standard InChI is InChI=1S/C26H27N/c1-18-7-5-17-27-23(18)12-11-20-9-4-10-22-14-16-26(25(20)22)15-13-21-8-3-6-19(2)24(21)26/h3-10,17H,11-16H2,1-2H3/t26-/m1/s1. The first-order chi connectivity index (χ1) is 13.2. The maximum absolute atomic E-state index is 4.63. The lowest BCUT2D eigenvalue weighted by molar-refractivity contribution is 0.501. The highest BCUT2D eigenvalue weighted by Gasteiger charge is 2.46. The molecule has 0 aliphatic heterocycles. The van der Waals surface area contributed by atoms with E-state index in [4.69, 9.17) is 0 Å². The summed E-state index contributed by atoms with van der Waals surface area (Å²) in [5, 5.41) is 0. The molecule has 1 aromatic heterocycles. The Hall–Kier alpha value is -2.41. The van der Waals surface area contributed by atoms with Crippen molar-refractivity contribution in [2.45, 2.75) is 57.8 Å². The van der Waals surface area contributed by atoms with Gasteiger partial charge in [-0.3, -0.25) is 4.98 Å². The van der Waals surface area contributed by atoms with Crippen LogP contribution >= 0.6 is 0 Å². The Bertz CT molecular complexity index is 1010. The molecule has 0 radical (unpaired) electrons. The molecule has 27 heavy (non-hydrogen) atoms. The molecule has 1 spiro atoms. The quantitative estimate of drug-likeness (QED) is 0.592. The van der Waals surface area contributed by atoms with Crippen LogP contribution < -0.4 is 0 Å². The van der Waals surface area contributed by atoms with Crippen LogP contribution in [0, 0.1) is 13.8 Å². The molecular weight excluding hydrogens is 326 g/mol. The second-order valence-corrected chi connectivity index (χ2v) is 8.41. The van der Waals surface area contributed by atoms with Crippen molar-refractivity contribution in [3.8, 4) is 0 Å². The minimum absolute atomic E-state index is 0.256. The molecule has 2 aliphatic rings. The van der Waals surface area contributed by atoms with E-state index >= 15 is 0 Å². The Kier molecular flexibility index (Phi) is 3.93. The molecule has 0 unspecified atom stereocenters. The largest absolute Gasteiger partial charge is 0.261 e. The van der Waals surface area contributed by atoms with Gasteiger partial charge in [0, 0.05) is 17.3 Å². The predicted molar refractivity (Wildman–Crippen MR) is 111 cm³/mol. The van der Waals surface area contributed by atoms with Gasteiger partial charge >= 0.3 is 0 Å². The summed E-state index contributed by atoms with van der Waals surface area (Å²) >= 11 is 0. The third-order valence-corrected chi connectivity index (χ3v) is 6.94. The predicted octanol–water partition coefficient (Wildman–Crippen LogP) is 5.66. The van der Waals surface area contributed by atoms with Gasteiger partial charge in [0.1, 0.15) is 0 Å². The van der Waals surface area contributed by atoms with Gasteiger partial charge in [0.25, 0.3) is 0 Å². The molecule has 0 saturated carbocycles. The number of fused-ring (bicyclic) bond motifs is 4. The maximum Gasteiger partial charge on any atom is 0.0436 e. The first kappa shape index (κ1) is 16.7. The molecule has 0 saturated heterocycles. The van der Waals surface area contributed by atoms with E-state index in [-0.39, 0.29) is 5.41 Å². The summed E-state index contributed by atoms with van der Waals surface area (Å²) in [5.41, 5.74) is 12.3. The van der Waals surface area contributed by atoms with Crippen molar-refractivity contribution in [1.29, 1.82) is 0 Å². The molecule has 1 atom stereocenters. The number of hydrogen-bond acceptors (Lipinski definition) is 1. The summed E-state index contributed by atoms with van der Waals surface area (Å²) < 4.78 is 0. The highest BCUT2D eigenvalue weighted by molar-refractivity contribution is 5.58. The molecule has 3 aromatic rings. The minimum atomic E-state index is 0.256. The summed E-state index contributed by atoms with van der Waals surface area (Å²) in [7, 11) is 0. The molecule has 2 aliphatic carbocycles. The van der Waals surface area contributed by atoms with Crippen molar-refractivity contribution in [3.63, 3.8) is 0 Å². The monoisotopic (exact) mass is 353 g/mol. The van der Waals surface area contributed by atoms with Gasteiger partial charge in [-0.25, -0.2) is 0 Å². The lowest BCUT2D eigenvalue weighted by Gasteiger charge is -2.30. The first-order valence-electron chi connectivity index (χ1n) is 10.3. The van der Waals surface area contributed by atoms with Gasteiger partial charge in [0.15, 0.2) is 0 Å². The van der Waals surface area contributed by atoms with Crippen LogP contribution in [0.3, 0.4) is 0 Å². The van der Waals surface area contributed by atoms with E-state index in [1.807, 2.05) is 12.3 Å². The zero-order valence-corrected chi connectivity index (χ0v) is 16.4. The van der Waals surface area contributed by atoms with Gasteiger partial charge in [0.2, 0.25) is 0 Å². The van der Waals surface area contributed by atoms with E-state index in [1.165, 1.54) is 42.5 Å². The van der Waals surface area contributed by atoms with Crippen LogP contribution in [-0.4, -0.2) is 4.98 Å². The van der Waals surface area contributed by atoms with E-state index in [0.29, 0.717) is 0 Å². The van der Waals surface area contributed by atoms with E-state index in [0.717, 1.165) is 12.8 Å². The summed E-state index contributed by atoms with van der Waals surface area (Å²) in [5.74, 6) is 0. The molecule has 0 bridgehead atoms. The molecule has 2 aromatic carbocycles. The average molecular weight is 354 g/mol. The Labute approximate surface area is 162 Å². The van der Waals surface area contributed by atoms with Gasteiger partial charge in [-0.05, 0) is 97.4 Å². The highest BCUT2D eigenvalue weighted by Crippen LogP contribution is 2.54. The third-order valence-electron chi connectivity index (χ3n) is 6.94. The second kappa shape index (κ2) is 6.34. The maximum atomic E-state index is 4.63. The number of aryl methyl sites for hydroxylation is 6. The lowest BCUT2D eigenvalue weighted by atomic mass is 9.73. The molecule has 1 heteroatoms. The number of nitrogens with zero attached hydrogens (tertiary/aromatic N) is 1. The van der Waals surface area contributed by atoms with Crippen LogP contribution in [0.1, 0.15) is 57.5 Å². The van der Waals surface area contributed by atoms with Crippen LogP contribution in [0.25, 0.3) is 0 Å². The van der Waals surface area contributed by atoms with Crippen molar-refractivity contribution in [2.24, 2.45) is 0 Å². The fourth-order valence-electron chi connectivity index (χ4n) is 5.79. The van der Waals surface area contributed by atoms with Gasteiger partial charge in [0.05, 0.1) is 0 Å². The third kappa shape index (κ3) is 2.56. The lowest BCUT2D eigenvalue weighted by Crippen LogP contribution is -2.24. The molecule has 5 rings (SSSR count). The Morgan fingerprint density at radius 1 is 0.778 bits per heavy atom. The normalized spacial score (nSPS) is 20.1. The van der Waals surface area contributed by atoms with Gasteiger partial charge in [-0.2, -0.15) is 0 Å². The summed E-state index contributed by atoms with van der Waals surface area (Å²) in [6, 6.07) is 18.1. The van der Waals surface area contributed by atoms with Gasteiger partial charge in [-0.1, -0.05) is 42.5 Å². The summed E-state index contributed by atoms with van der Waals surface area (Å²) in [6.45, 7) is 4.49. The van der Waals surface area contributed by atoms with Crippen LogP contribution in [0.15, 0.2) is 54.7 Å². The molecule has 136 valence electrons. The van der Waals surface area contributed by atoms with E-state index in [1.54, 1.807) is 27.8 Å². The van der Waals surface area contributed by atoms with Crippen molar-refractivity contribution >= 4 is 0 Å². The van der Waals surface area contributed by atoms with Crippen LogP contribution in [0.2, 0.25) is 0 Å². The second-order valence-electron chi connectivity index (χ2n) is 8.41. The molecule has 1 nitrogen and oxygen atoms in total. The SMILES string of the molecule is Cc1cccnc1CCc1cccc2c1[C@]1(CCc3cccc(C)c31)CC2. The van der Waals surface area contributed by atoms with Crippen LogP contribution in [0.5, 0.6) is 0 Å². The number of aromatic nitrogens is 1. The summed E-state index contributed by atoms with van der Waals surface area (Å²) in [6.07, 6.45) is 9.04. The fourth-order valence-corrected chi connectivity index (χ4v) is 5.79. The molecule has 0 amide bonds. The minimum Gasteiger partial charge on any atom is -0.261 e. The molecular formula is C26H27N. The Balaban J connectivity index is 1.57. The summed E-state index contributed by atoms with van der Waals surface area (Å²) in [4.78, 5) is 4.63. The van der Waals surface area contributed by atoms with Crippen LogP contribution in [-0.2, 0) is 31.1 Å². The van der Waals surface area contributed by atoms with E-state index in [2.05, 4.69) is 61.3 Å². The van der Waals surface area contributed by atoms with Crippen molar-refractivity contribution in [3.05, 3.63) is 99.4 Å². The van der Waals surface area contributed by atoms with Gasteiger partial charge < -0.3 is 0 Å². The number of rotatable bonds is 3. The first-order valence-corrected chi connectivity index (χ1v) is 10.3. The number of benzene rings is 2. The van der Waals surface area contributed by atoms with Crippen molar-refractivity contribution in [2.75, 3.05) is 0 Å². The Morgan fingerprint density at radius 3 is 2.26 bits per heavy atom. The van der Waals surface area contributed by atoms with Gasteiger partial charge in [-0.15, -0.1) is 0 Å². The topological polar surface area (TPSA) is 12.9 Å². The molecule has 0 fully saturated rings. The number of pyridine rings is 1. The van der Waals surface area contributed by atoms with Crippen molar-refractivity contribution in [1.82, 2.24) is 4.98 Å². The Morgan fingerprint density at radius 2 is 1.48 bits per heavy atom. The molecule has 1 heterocycles. The van der Waals surface area contributed by atoms with Crippen molar-refractivity contribution < 1.29 is 0 Å². The zero-order chi connectivity index (χ0) is 18.4. The number of hydrogen-bond donors (Lipinski definition) is 0. The average Bonchev–Trinajstić information content (AvgIpc) is 3.25. The smallest absolute Gasteiger partial charge is 0.0436 e. The van der Waals surface area contributed by atoms with E-state index in [9.17, 15) is 0 Å². The zero-order valence-electron chi connectivity index (χ0n) is 16.4. The molecule has 0 N–H and O–H groups in total.